The number of fused-ring (bicyclic) bond motifs is 1. The maximum absolute atomic E-state index is 13.2. The number of esters is 1. The van der Waals surface area contributed by atoms with Crippen molar-refractivity contribution in [1.29, 1.82) is 0 Å². The molecule has 6 nitrogen and oxygen atoms in total. The number of benzene rings is 2. The molecule has 0 saturated heterocycles. The fourth-order valence-electron chi connectivity index (χ4n) is 3.17. The van der Waals surface area contributed by atoms with Gasteiger partial charge >= 0.3 is 11.6 Å². The molecule has 0 bridgehead atoms. The van der Waals surface area contributed by atoms with Gasteiger partial charge in [0.25, 0.3) is 0 Å². The third-order valence-electron chi connectivity index (χ3n) is 4.50. The van der Waals surface area contributed by atoms with Crippen molar-refractivity contribution >= 4 is 16.9 Å². The molecule has 1 heterocycles. The highest BCUT2D eigenvalue weighted by Crippen LogP contribution is 2.38. The van der Waals surface area contributed by atoms with Gasteiger partial charge in [0.2, 0.25) is 5.75 Å². The monoisotopic (exact) mass is 386 g/mol. The van der Waals surface area contributed by atoms with Gasteiger partial charge in [0.1, 0.15) is 5.82 Å². The molecule has 1 aromatic heterocycles. The SMILES string of the molecule is COC(=O)[C@H](Cc1ccc(F)cc1)c1cc(=O)oc2c(OC)c(OC)ccc12. The molecule has 28 heavy (non-hydrogen) atoms. The number of hydrogen-bond acceptors (Lipinski definition) is 6. The molecule has 2 aromatic carbocycles. The predicted octanol–water partition coefficient (Wildman–Crippen LogP) is 3.45. The van der Waals surface area contributed by atoms with Gasteiger partial charge in [0, 0.05) is 11.5 Å². The summed E-state index contributed by atoms with van der Waals surface area (Å²) in [5.41, 5.74) is 0.696. The maximum atomic E-state index is 13.2. The Balaban J connectivity index is 2.20. The first-order chi connectivity index (χ1) is 13.5. The Morgan fingerprint density at radius 2 is 1.79 bits per heavy atom. The fourth-order valence-corrected chi connectivity index (χ4v) is 3.17. The Labute approximate surface area is 160 Å². The van der Waals surface area contributed by atoms with Crippen LogP contribution >= 0.6 is 0 Å². The van der Waals surface area contributed by atoms with E-state index in [0.717, 1.165) is 5.56 Å². The number of halogens is 1. The van der Waals surface area contributed by atoms with Crippen molar-refractivity contribution in [3.05, 3.63) is 69.8 Å². The van der Waals surface area contributed by atoms with Crippen LogP contribution in [0.4, 0.5) is 4.39 Å². The largest absolute Gasteiger partial charge is 0.493 e. The van der Waals surface area contributed by atoms with Crippen LogP contribution in [0.1, 0.15) is 17.0 Å². The third-order valence-corrected chi connectivity index (χ3v) is 4.50. The quantitative estimate of drug-likeness (QED) is 0.477. The van der Waals surface area contributed by atoms with Crippen molar-refractivity contribution in [3.63, 3.8) is 0 Å². The number of methoxy groups -OCH3 is 3. The van der Waals surface area contributed by atoms with Crippen molar-refractivity contribution < 1.29 is 27.8 Å². The molecule has 3 aromatic rings. The first-order valence-corrected chi connectivity index (χ1v) is 8.49. The van der Waals surface area contributed by atoms with Crippen LogP contribution in [0.2, 0.25) is 0 Å². The topological polar surface area (TPSA) is 75.0 Å². The maximum Gasteiger partial charge on any atom is 0.336 e. The average molecular weight is 386 g/mol. The molecule has 0 fully saturated rings. The number of hydrogen-bond donors (Lipinski definition) is 0. The summed E-state index contributed by atoms with van der Waals surface area (Å²) in [7, 11) is 4.18. The van der Waals surface area contributed by atoms with E-state index in [1.807, 2.05) is 0 Å². The van der Waals surface area contributed by atoms with Crippen LogP contribution in [0.5, 0.6) is 11.5 Å². The smallest absolute Gasteiger partial charge is 0.336 e. The van der Waals surface area contributed by atoms with Gasteiger partial charge in [-0.15, -0.1) is 0 Å². The van der Waals surface area contributed by atoms with Gasteiger partial charge in [-0.3, -0.25) is 4.79 Å². The van der Waals surface area contributed by atoms with Crippen LogP contribution in [0, 0.1) is 5.82 Å². The van der Waals surface area contributed by atoms with Crippen LogP contribution in [0.25, 0.3) is 11.0 Å². The molecule has 1 atom stereocenters. The summed E-state index contributed by atoms with van der Waals surface area (Å²) in [6, 6.07) is 10.4. The lowest BCUT2D eigenvalue weighted by molar-refractivity contribution is -0.142. The van der Waals surface area contributed by atoms with E-state index >= 15 is 0 Å². The average Bonchev–Trinajstić information content (AvgIpc) is 2.71. The molecule has 7 heteroatoms. The lowest BCUT2D eigenvalue weighted by atomic mass is 9.90. The summed E-state index contributed by atoms with van der Waals surface area (Å²) < 4.78 is 34.1. The van der Waals surface area contributed by atoms with Crippen LogP contribution in [0.15, 0.2) is 51.7 Å². The second-order valence-corrected chi connectivity index (χ2v) is 6.10. The summed E-state index contributed by atoms with van der Waals surface area (Å²) in [5, 5.41) is 0.523. The van der Waals surface area contributed by atoms with Crippen molar-refractivity contribution in [2.75, 3.05) is 21.3 Å². The summed E-state index contributed by atoms with van der Waals surface area (Å²) in [5.74, 6) is -1.04. The summed E-state index contributed by atoms with van der Waals surface area (Å²) in [4.78, 5) is 24.8. The number of rotatable bonds is 6. The first kappa shape index (κ1) is 19.4. The van der Waals surface area contributed by atoms with Crippen LogP contribution in [-0.2, 0) is 16.0 Å². The number of carbonyl (C=O) groups excluding carboxylic acids is 1. The van der Waals surface area contributed by atoms with Crippen LogP contribution in [0.3, 0.4) is 0 Å². The molecule has 0 amide bonds. The molecule has 3 rings (SSSR count). The van der Waals surface area contributed by atoms with E-state index in [4.69, 9.17) is 18.6 Å². The lowest BCUT2D eigenvalue weighted by Crippen LogP contribution is -2.19. The minimum atomic E-state index is -0.792. The molecule has 0 radical (unpaired) electrons. The zero-order valence-corrected chi connectivity index (χ0v) is 15.7. The predicted molar refractivity (Wildman–Crippen MR) is 100 cm³/mol. The molecule has 0 aliphatic rings. The Morgan fingerprint density at radius 1 is 1.07 bits per heavy atom. The van der Waals surface area contributed by atoms with E-state index in [1.54, 1.807) is 24.3 Å². The number of carbonyl (C=O) groups is 1. The van der Waals surface area contributed by atoms with Gasteiger partial charge in [0.05, 0.1) is 27.2 Å². The summed E-state index contributed by atoms with van der Waals surface area (Å²) in [6.45, 7) is 0. The lowest BCUT2D eigenvalue weighted by Gasteiger charge is -2.18. The highest BCUT2D eigenvalue weighted by Gasteiger charge is 2.27. The molecule has 0 unspecified atom stereocenters. The van der Waals surface area contributed by atoms with E-state index in [1.165, 1.54) is 39.5 Å². The van der Waals surface area contributed by atoms with E-state index in [2.05, 4.69) is 0 Å². The number of ether oxygens (including phenoxy) is 3. The van der Waals surface area contributed by atoms with E-state index in [9.17, 15) is 14.0 Å². The standard InChI is InChI=1S/C21H19FO6/c1-25-17-9-8-14-15(11-18(23)28-19(14)20(17)26-2)16(21(24)27-3)10-12-4-6-13(22)7-5-12/h4-9,11,16H,10H2,1-3H3/t16-/m1/s1. The second kappa shape index (κ2) is 8.12. The minimum absolute atomic E-state index is 0.178. The Hall–Kier alpha value is -3.35. The molecular formula is C21H19FO6. The van der Waals surface area contributed by atoms with Crippen LogP contribution < -0.4 is 15.1 Å². The van der Waals surface area contributed by atoms with Gasteiger partial charge in [-0.1, -0.05) is 12.1 Å². The summed E-state index contributed by atoms with van der Waals surface area (Å²) >= 11 is 0. The summed E-state index contributed by atoms with van der Waals surface area (Å²) in [6.07, 6.45) is 0.222. The zero-order valence-electron chi connectivity index (χ0n) is 15.7. The molecule has 146 valence electrons. The molecule has 0 saturated carbocycles. The highest BCUT2D eigenvalue weighted by atomic mass is 19.1. The first-order valence-electron chi connectivity index (χ1n) is 8.49. The minimum Gasteiger partial charge on any atom is -0.493 e. The van der Waals surface area contributed by atoms with Gasteiger partial charge in [-0.05, 0) is 41.8 Å². The Morgan fingerprint density at radius 3 is 2.39 bits per heavy atom. The van der Waals surface area contributed by atoms with Crippen LogP contribution in [-0.4, -0.2) is 27.3 Å². The normalized spacial score (nSPS) is 11.9. The van der Waals surface area contributed by atoms with Gasteiger partial charge < -0.3 is 18.6 Å². The van der Waals surface area contributed by atoms with Crippen molar-refractivity contribution in [2.24, 2.45) is 0 Å². The highest BCUT2D eigenvalue weighted by molar-refractivity contribution is 5.92. The fraction of sp³-hybridized carbons (Fsp3) is 0.238. The van der Waals surface area contributed by atoms with Crippen molar-refractivity contribution in [2.45, 2.75) is 12.3 Å². The zero-order chi connectivity index (χ0) is 20.3. The van der Waals surface area contributed by atoms with Gasteiger partial charge in [-0.2, -0.15) is 0 Å². The van der Waals surface area contributed by atoms with Crippen molar-refractivity contribution in [3.8, 4) is 11.5 Å². The molecule has 0 spiro atoms. The Kier molecular flexibility index (Phi) is 5.63. The van der Waals surface area contributed by atoms with Gasteiger partial charge in [-0.25, -0.2) is 9.18 Å². The van der Waals surface area contributed by atoms with Gasteiger partial charge in [0.15, 0.2) is 11.3 Å². The second-order valence-electron chi connectivity index (χ2n) is 6.10. The molecular weight excluding hydrogens is 367 g/mol. The molecule has 0 N–H and O–H groups in total. The third kappa shape index (κ3) is 3.69. The molecule has 0 aliphatic heterocycles. The van der Waals surface area contributed by atoms with E-state index < -0.39 is 17.5 Å². The Bertz CT molecular complexity index is 1050. The van der Waals surface area contributed by atoms with E-state index in [-0.39, 0.29) is 23.6 Å². The molecule has 0 aliphatic carbocycles. The van der Waals surface area contributed by atoms with E-state index in [0.29, 0.717) is 16.7 Å². The van der Waals surface area contributed by atoms with Crippen molar-refractivity contribution in [1.82, 2.24) is 0 Å².